The fourth-order valence-corrected chi connectivity index (χ4v) is 0.809. The fourth-order valence-electron chi connectivity index (χ4n) is 0.809. The van der Waals surface area contributed by atoms with E-state index < -0.39 is 0 Å². The number of hydrogen-bond donors (Lipinski definition) is 2. The first-order valence-corrected chi connectivity index (χ1v) is 3.26. The van der Waals surface area contributed by atoms with E-state index in [1.807, 2.05) is 6.92 Å². The second kappa shape index (κ2) is 3.09. The Labute approximate surface area is 64.5 Å². The minimum atomic E-state index is 0.350. The predicted molar refractivity (Wildman–Crippen MR) is 42.7 cm³/mol. The van der Waals surface area contributed by atoms with Crippen molar-refractivity contribution in [2.45, 2.75) is 6.92 Å². The van der Waals surface area contributed by atoms with Crippen LogP contribution in [-0.2, 0) is 0 Å². The highest BCUT2D eigenvalue weighted by Crippen LogP contribution is 1.90. The first kappa shape index (κ1) is 7.65. The van der Waals surface area contributed by atoms with E-state index in [0.29, 0.717) is 5.49 Å². The number of aromatic nitrogens is 2. The quantitative estimate of drug-likeness (QED) is 0.553. The zero-order valence-electron chi connectivity index (χ0n) is 6.55. The zero-order valence-corrected chi connectivity index (χ0v) is 6.55. The van der Waals surface area contributed by atoms with Gasteiger partial charge in [-0.2, -0.15) is 0 Å². The number of aryl methyl sites for hydroxylation is 1. The summed E-state index contributed by atoms with van der Waals surface area (Å²) in [5, 5.41) is 7.43. The lowest BCUT2D eigenvalue weighted by atomic mass is 10.2. The van der Waals surface area contributed by atoms with Crippen molar-refractivity contribution in [2.75, 3.05) is 7.05 Å². The summed E-state index contributed by atoms with van der Waals surface area (Å²) < 4.78 is 0. The molecule has 1 aromatic rings. The molecule has 0 aromatic carbocycles. The molecule has 0 saturated heterocycles. The van der Waals surface area contributed by atoms with Gasteiger partial charge in [-0.15, -0.1) is 0 Å². The van der Waals surface area contributed by atoms with Crippen molar-refractivity contribution >= 4 is 6.21 Å². The number of aliphatic imine (C=N–C) groups is 1. The summed E-state index contributed by atoms with van der Waals surface area (Å²) in [6, 6.07) is 0. The number of nitrogens with zero attached hydrogens (tertiary/aromatic N) is 2. The standard InChI is InChI=1S/C7H10N4/c1-5-6(3-9-2)7(8)11-4-10-5/h3-4H,1-2H3,(H2,8,10,11)/b9-3-. The third-order valence-corrected chi connectivity index (χ3v) is 1.38. The Morgan fingerprint density at radius 1 is 1.73 bits per heavy atom. The Bertz CT molecular complexity index is 323. The van der Waals surface area contributed by atoms with Crippen LogP contribution in [0.2, 0.25) is 0 Å². The molecule has 0 amide bonds. The van der Waals surface area contributed by atoms with E-state index in [0.717, 1.165) is 11.3 Å². The zero-order chi connectivity index (χ0) is 8.27. The molecule has 0 spiro atoms. The van der Waals surface area contributed by atoms with Crippen molar-refractivity contribution < 1.29 is 0 Å². The minimum absolute atomic E-state index is 0.350. The van der Waals surface area contributed by atoms with Crippen LogP contribution in [-0.4, -0.2) is 23.2 Å². The van der Waals surface area contributed by atoms with E-state index in [1.165, 1.54) is 6.33 Å². The Morgan fingerprint density at radius 3 is 3.00 bits per heavy atom. The summed E-state index contributed by atoms with van der Waals surface area (Å²) in [6.45, 7) is 1.85. The van der Waals surface area contributed by atoms with Crippen molar-refractivity contribution in [3.05, 3.63) is 23.1 Å². The van der Waals surface area contributed by atoms with Gasteiger partial charge < -0.3 is 4.98 Å². The molecule has 0 aliphatic carbocycles. The van der Waals surface area contributed by atoms with Crippen molar-refractivity contribution in [1.29, 1.82) is 5.41 Å². The Balaban J connectivity index is 3.32. The minimum Gasteiger partial charge on any atom is -0.331 e. The van der Waals surface area contributed by atoms with E-state index >= 15 is 0 Å². The van der Waals surface area contributed by atoms with E-state index in [1.54, 1.807) is 13.3 Å². The topological polar surface area (TPSA) is 64.9 Å². The van der Waals surface area contributed by atoms with Gasteiger partial charge in [-0.25, -0.2) is 4.98 Å². The molecule has 0 saturated carbocycles. The Hall–Kier alpha value is -1.45. The summed E-state index contributed by atoms with van der Waals surface area (Å²) in [5.41, 5.74) is 1.91. The van der Waals surface area contributed by atoms with Gasteiger partial charge in [0.2, 0.25) is 0 Å². The highest BCUT2D eigenvalue weighted by molar-refractivity contribution is 5.79. The summed E-state index contributed by atoms with van der Waals surface area (Å²) in [4.78, 5) is 10.5. The monoisotopic (exact) mass is 150 g/mol. The van der Waals surface area contributed by atoms with Gasteiger partial charge in [0.1, 0.15) is 5.49 Å². The highest BCUT2D eigenvalue weighted by Gasteiger charge is 1.96. The predicted octanol–water partition coefficient (Wildman–Crippen LogP) is 0.246. The second-order valence-corrected chi connectivity index (χ2v) is 2.16. The van der Waals surface area contributed by atoms with Gasteiger partial charge in [0.05, 0.1) is 17.6 Å². The fraction of sp³-hybridized carbons (Fsp3) is 0.286. The first-order chi connectivity index (χ1) is 5.25. The molecule has 0 bridgehead atoms. The molecule has 4 nitrogen and oxygen atoms in total. The third-order valence-electron chi connectivity index (χ3n) is 1.38. The molecule has 0 radical (unpaired) electrons. The van der Waals surface area contributed by atoms with Crippen LogP contribution in [0, 0.1) is 12.3 Å². The normalized spacial score (nSPS) is 10.7. The van der Waals surface area contributed by atoms with Crippen molar-refractivity contribution in [2.24, 2.45) is 4.99 Å². The highest BCUT2D eigenvalue weighted by atomic mass is 14.9. The lowest BCUT2D eigenvalue weighted by molar-refractivity contribution is 0.994. The number of rotatable bonds is 1. The summed E-state index contributed by atoms with van der Waals surface area (Å²) in [7, 11) is 1.67. The van der Waals surface area contributed by atoms with E-state index in [4.69, 9.17) is 5.41 Å². The van der Waals surface area contributed by atoms with Gasteiger partial charge in [-0.3, -0.25) is 10.4 Å². The van der Waals surface area contributed by atoms with Crippen LogP contribution in [0.3, 0.4) is 0 Å². The van der Waals surface area contributed by atoms with Crippen LogP contribution < -0.4 is 5.49 Å². The molecule has 11 heavy (non-hydrogen) atoms. The Kier molecular flexibility index (Phi) is 2.15. The van der Waals surface area contributed by atoms with Crippen molar-refractivity contribution in [3.63, 3.8) is 0 Å². The van der Waals surface area contributed by atoms with Crippen LogP contribution in [0.1, 0.15) is 11.3 Å². The molecule has 0 fully saturated rings. The average molecular weight is 150 g/mol. The van der Waals surface area contributed by atoms with Crippen LogP contribution in [0.5, 0.6) is 0 Å². The number of H-pyrrole nitrogens is 1. The van der Waals surface area contributed by atoms with Gasteiger partial charge in [0, 0.05) is 13.3 Å². The van der Waals surface area contributed by atoms with Crippen LogP contribution in [0.4, 0.5) is 0 Å². The number of hydrogen-bond acceptors (Lipinski definition) is 3. The van der Waals surface area contributed by atoms with Crippen molar-refractivity contribution in [1.82, 2.24) is 9.97 Å². The molecule has 1 aromatic heterocycles. The first-order valence-electron chi connectivity index (χ1n) is 3.26. The molecule has 0 aliphatic heterocycles. The average Bonchev–Trinajstić information content (AvgIpc) is 1.97. The molecule has 58 valence electrons. The molecule has 1 heterocycles. The molecule has 0 aliphatic rings. The van der Waals surface area contributed by atoms with Gasteiger partial charge in [-0.1, -0.05) is 0 Å². The van der Waals surface area contributed by atoms with Gasteiger partial charge in [-0.05, 0) is 6.92 Å². The molecule has 4 heteroatoms. The smallest absolute Gasteiger partial charge is 0.134 e. The third kappa shape index (κ3) is 1.52. The molecular weight excluding hydrogens is 140 g/mol. The molecule has 1 rings (SSSR count). The second-order valence-electron chi connectivity index (χ2n) is 2.16. The summed E-state index contributed by atoms with van der Waals surface area (Å²) in [6.07, 6.45) is 3.13. The van der Waals surface area contributed by atoms with Crippen molar-refractivity contribution in [3.8, 4) is 0 Å². The van der Waals surface area contributed by atoms with Crippen LogP contribution >= 0.6 is 0 Å². The largest absolute Gasteiger partial charge is 0.331 e. The molecule has 0 unspecified atom stereocenters. The number of aromatic amines is 1. The number of nitrogens with one attached hydrogen (secondary N) is 2. The van der Waals surface area contributed by atoms with Gasteiger partial charge >= 0.3 is 0 Å². The van der Waals surface area contributed by atoms with E-state index in [2.05, 4.69) is 15.0 Å². The molecule has 0 atom stereocenters. The maximum Gasteiger partial charge on any atom is 0.134 e. The molecule has 2 N–H and O–H groups in total. The van der Waals surface area contributed by atoms with E-state index in [-0.39, 0.29) is 0 Å². The van der Waals surface area contributed by atoms with E-state index in [9.17, 15) is 0 Å². The maximum absolute atomic E-state index is 7.43. The lowest BCUT2D eigenvalue weighted by Crippen LogP contribution is -2.14. The maximum atomic E-state index is 7.43. The SMILES string of the molecule is C/N=C\c1c(C)nc[nH]c1=N. The lowest BCUT2D eigenvalue weighted by Gasteiger charge is -1.96. The summed E-state index contributed by atoms with van der Waals surface area (Å²) >= 11 is 0. The van der Waals surface area contributed by atoms with Gasteiger partial charge in [0.25, 0.3) is 0 Å². The summed E-state index contributed by atoms with van der Waals surface area (Å²) in [5.74, 6) is 0. The Morgan fingerprint density at radius 2 is 2.45 bits per heavy atom. The van der Waals surface area contributed by atoms with Gasteiger partial charge in [0.15, 0.2) is 0 Å². The van der Waals surface area contributed by atoms with Crippen LogP contribution in [0.25, 0.3) is 0 Å². The van der Waals surface area contributed by atoms with Crippen LogP contribution in [0.15, 0.2) is 11.3 Å². The molecular formula is C7H10N4.